The number of rotatable bonds is 6. The van der Waals surface area contributed by atoms with Gasteiger partial charge in [0.15, 0.2) is 0 Å². The molecule has 0 bridgehead atoms. The number of benzene rings is 2. The number of sulfonamides is 1. The van der Waals surface area contributed by atoms with Crippen LogP contribution in [0.3, 0.4) is 0 Å². The molecule has 0 spiro atoms. The van der Waals surface area contributed by atoms with Crippen molar-refractivity contribution in [1.29, 1.82) is 0 Å². The molecule has 0 aromatic heterocycles. The highest BCUT2D eigenvalue weighted by atomic mass is 32.2. The van der Waals surface area contributed by atoms with Gasteiger partial charge in [0, 0.05) is 13.1 Å². The van der Waals surface area contributed by atoms with E-state index in [-0.39, 0.29) is 0 Å². The fraction of sp³-hybridized carbons (Fsp3) is 0.250. The molecule has 0 aliphatic heterocycles. The van der Waals surface area contributed by atoms with Gasteiger partial charge in [-0.3, -0.25) is 0 Å². The Kier molecular flexibility index (Phi) is 5.12. The summed E-state index contributed by atoms with van der Waals surface area (Å²) in [5, 5.41) is 3.01. The van der Waals surface area contributed by atoms with Crippen LogP contribution in [0.4, 0.5) is 0 Å². The summed E-state index contributed by atoms with van der Waals surface area (Å²) in [6.45, 7) is 2.92. The van der Waals surface area contributed by atoms with Gasteiger partial charge in [-0.25, -0.2) is 13.1 Å². The first-order valence-electron chi connectivity index (χ1n) is 6.80. The molecular formula is C16H20N2O2S. The van der Waals surface area contributed by atoms with Crippen LogP contribution in [0.2, 0.25) is 0 Å². The summed E-state index contributed by atoms with van der Waals surface area (Å²) in [5.41, 5.74) is 3.00. The van der Waals surface area contributed by atoms with E-state index < -0.39 is 10.0 Å². The van der Waals surface area contributed by atoms with Crippen molar-refractivity contribution in [3.8, 4) is 0 Å². The van der Waals surface area contributed by atoms with Crippen molar-refractivity contribution in [3.63, 3.8) is 0 Å². The molecule has 0 atom stereocenters. The molecule has 2 rings (SSSR count). The molecule has 4 nitrogen and oxygen atoms in total. The summed E-state index contributed by atoms with van der Waals surface area (Å²) in [5.74, 6) is 0. The second-order valence-electron chi connectivity index (χ2n) is 4.99. The minimum Gasteiger partial charge on any atom is -0.316 e. The van der Waals surface area contributed by atoms with Gasteiger partial charge in [0.1, 0.15) is 0 Å². The Morgan fingerprint density at radius 1 is 0.952 bits per heavy atom. The summed E-state index contributed by atoms with van der Waals surface area (Å²) < 4.78 is 27.3. The molecule has 112 valence electrons. The van der Waals surface area contributed by atoms with Gasteiger partial charge < -0.3 is 5.32 Å². The minimum absolute atomic E-state index is 0.292. The third kappa shape index (κ3) is 4.39. The topological polar surface area (TPSA) is 58.2 Å². The fourth-order valence-corrected chi connectivity index (χ4v) is 3.20. The summed E-state index contributed by atoms with van der Waals surface area (Å²) in [4.78, 5) is 0.294. The van der Waals surface area contributed by atoms with E-state index in [1.165, 1.54) is 0 Å². The lowest BCUT2D eigenvalue weighted by Gasteiger charge is -2.09. The molecule has 21 heavy (non-hydrogen) atoms. The Morgan fingerprint density at radius 3 is 2.29 bits per heavy atom. The molecule has 2 aromatic carbocycles. The van der Waals surface area contributed by atoms with Crippen molar-refractivity contribution in [2.45, 2.75) is 24.9 Å². The lowest BCUT2D eigenvalue weighted by molar-refractivity contribution is 0.581. The van der Waals surface area contributed by atoms with Crippen LogP contribution in [0.1, 0.15) is 16.7 Å². The molecule has 0 radical (unpaired) electrons. The zero-order valence-corrected chi connectivity index (χ0v) is 13.1. The standard InChI is InChI=1S/C16H20N2O2S/c1-13-5-3-6-14(9-13)12-18-21(19,20)16-8-4-7-15(10-16)11-17-2/h3-10,17-18H,11-12H2,1-2H3. The molecule has 5 heteroatoms. The van der Waals surface area contributed by atoms with Crippen molar-refractivity contribution in [2.75, 3.05) is 7.05 Å². The highest BCUT2D eigenvalue weighted by Gasteiger charge is 2.13. The van der Waals surface area contributed by atoms with Gasteiger partial charge in [0.2, 0.25) is 10.0 Å². The molecule has 0 fully saturated rings. The van der Waals surface area contributed by atoms with Gasteiger partial charge in [-0.1, -0.05) is 42.0 Å². The predicted octanol–water partition coefficient (Wildman–Crippen LogP) is 2.19. The summed E-state index contributed by atoms with van der Waals surface area (Å²) in [7, 11) is -1.66. The Bertz CT molecular complexity index is 712. The quantitative estimate of drug-likeness (QED) is 0.860. The third-order valence-electron chi connectivity index (χ3n) is 3.14. The highest BCUT2D eigenvalue weighted by Crippen LogP contribution is 2.12. The molecule has 2 aromatic rings. The molecular weight excluding hydrogens is 284 g/mol. The van der Waals surface area contributed by atoms with Crippen LogP contribution in [0.25, 0.3) is 0 Å². The van der Waals surface area contributed by atoms with Crippen LogP contribution in [0, 0.1) is 6.92 Å². The normalized spacial score (nSPS) is 11.5. The first-order chi connectivity index (χ1) is 10.0. The van der Waals surface area contributed by atoms with Crippen molar-refractivity contribution in [2.24, 2.45) is 0 Å². The average molecular weight is 304 g/mol. The van der Waals surface area contributed by atoms with E-state index in [4.69, 9.17) is 0 Å². The van der Waals surface area contributed by atoms with E-state index in [9.17, 15) is 8.42 Å². The van der Waals surface area contributed by atoms with Crippen molar-refractivity contribution in [3.05, 3.63) is 65.2 Å². The molecule has 0 amide bonds. The summed E-state index contributed by atoms with van der Waals surface area (Å²) >= 11 is 0. The Morgan fingerprint density at radius 2 is 1.62 bits per heavy atom. The van der Waals surface area contributed by atoms with Crippen LogP contribution in [0.5, 0.6) is 0 Å². The SMILES string of the molecule is CNCc1cccc(S(=O)(=O)NCc2cccc(C)c2)c1. The van der Waals surface area contributed by atoms with Gasteiger partial charge in [0.25, 0.3) is 0 Å². The molecule has 0 saturated heterocycles. The number of hydrogen-bond acceptors (Lipinski definition) is 3. The Hall–Kier alpha value is -1.69. The predicted molar refractivity (Wildman–Crippen MR) is 84.4 cm³/mol. The Labute approximate surface area is 126 Å². The van der Waals surface area contributed by atoms with Crippen molar-refractivity contribution in [1.82, 2.24) is 10.0 Å². The van der Waals surface area contributed by atoms with Gasteiger partial charge in [-0.05, 0) is 37.2 Å². The van der Waals surface area contributed by atoms with E-state index in [2.05, 4.69) is 10.0 Å². The molecule has 2 N–H and O–H groups in total. The molecule has 0 aliphatic carbocycles. The first kappa shape index (κ1) is 15.7. The maximum absolute atomic E-state index is 12.3. The van der Waals surface area contributed by atoms with Crippen LogP contribution in [-0.4, -0.2) is 15.5 Å². The van der Waals surface area contributed by atoms with E-state index in [1.807, 2.05) is 44.3 Å². The third-order valence-corrected chi connectivity index (χ3v) is 4.54. The number of nitrogens with one attached hydrogen (secondary N) is 2. The van der Waals surface area contributed by atoms with Gasteiger partial charge in [0.05, 0.1) is 4.90 Å². The maximum atomic E-state index is 12.3. The monoisotopic (exact) mass is 304 g/mol. The van der Waals surface area contributed by atoms with E-state index >= 15 is 0 Å². The van der Waals surface area contributed by atoms with E-state index in [0.717, 1.165) is 16.7 Å². The molecule has 0 saturated carbocycles. The maximum Gasteiger partial charge on any atom is 0.240 e. The number of hydrogen-bond donors (Lipinski definition) is 2. The van der Waals surface area contributed by atoms with Crippen LogP contribution in [-0.2, 0) is 23.1 Å². The molecule has 0 unspecified atom stereocenters. The van der Waals surface area contributed by atoms with E-state index in [0.29, 0.717) is 18.0 Å². The van der Waals surface area contributed by atoms with Crippen molar-refractivity contribution < 1.29 is 8.42 Å². The average Bonchev–Trinajstić information content (AvgIpc) is 2.46. The van der Waals surface area contributed by atoms with Crippen LogP contribution >= 0.6 is 0 Å². The minimum atomic E-state index is -3.49. The fourth-order valence-electron chi connectivity index (χ4n) is 2.11. The summed E-state index contributed by atoms with van der Waals surface area (Å²) in [6, 6.07) is 14.7. The van der Waals surface area contributed by atoms with Crippen molar-refractivity contribution >= 4 is 10.0 Å². The van der Waals surface area contributed by atoms with Crippen LogP contribution < -0.4 is 10.0 Å². The lowest BCUT2D eigenvalue weighted by Crippen LogP contribution is -2.23. The molecule has 0 heterocycles. The first-order valence-corrected chi connectivity index (χ1v) is 8.28. The molecule has 0 aliphatic rings. The lowest BCUT2D eigenvalue weighted by atomic mass is 10.1. The van der Waals surface area contributed by atoms with Gasteiger partial charge in [-0.2, -0.15) is 0 Å². The van der Waals surface area contributed by atoms with Gasteiger partial charge >= 0.3 is 0 Å². The van der Waals surface area contributed by atoms with E-state index in [1.54, 1.807) is 18.2 Å². The Balaban J connectivity index is 2.13. The zero-order chi connectivity index (χ0) is 15.3. The summed E-state index contributed by atoms with van der Waals surface area (Å²) in [6.07, 6.45) is 0. The largest absolute Gasteiger partial charge is 0.316 e. The van der Waals surface area contributed by atoms with Gasteiger partial charge in [-0.15, -0.1) is 0 Å². The zero-order valence-electron chi connectivity index (χ0n) is 12.3. The number of aryl methyl sites for hydroxylation is 1. The second-order valence-corrected chi connectivity index (χ2v) is 6.76. The second kappa shape index (κ2) is 6.85. The van der Waals surface area contributed by atoms with Crippen LogP contribution in [0.15, 0.2) is 53.4 Å². The smallest absolute Gasteiger partial charge is 0.240 e. The highest BCUT2D eigenvalue weighted by molar-refractivity contribution is 7.89.